The van der Waals surface area contributed by atoms with Crippen LogP contribution in [-0.2, 0) is 16.4 Å². The molecule has 16 heavy (non-hydrogen) atoms. The minimum Gasteiger partial charge on any atom is -0.326 e. The standard InChI is InChI=1S/C11H17NO2S2/c1-9-4-3-5-10(8-12)11(9)15-6-7-16(2,13)14/h3-5H,6-8,12H2,1-2H3. The second-order valence-corrected chi connectivity index (χ2v) is 7.11. The molecule has 0 saturated heterocycles. The van der Waals surface area contributed by atoms with Crippen molar-refractivity contribution in [2.45, 2.75) is 18.4 Å². The van der Waals surface area contributed by atoms with E-state index in [0.29, 0.717) is 12.3 Å². The molecule has 0 aliphatic heterocycles. The maximum atomic E-state index is 11.0. The molecule has 0 heterocycles. The van der Waals surface area contributed by atoms with E-state index in [1.165, 1.54) is 6.26 Å². The van der Waals surface area contributed by atoms with E-state index < -0.39 is 9.84 Å². The Morgan fingerprint density at radius 1 is 1.38 bits per heavy atom. The van der Waals surface area contributed by atoms with Gasteiger partial charge >= 0.3 is 0 Å². The summed E-state index contributed by atoms with van der Waals surface area (Å²) in [5.41, 5.74) is 7.88. The van der Waals surface area contributed by atoms with Gasteiger partial charge in [-0.15, -0.1) is 11.8 Å². The Bertz CT molecular complexity index is 455. The minimum atomic E-state index is -2.88. The first kappa shape index (κ1) is 13.5. The van der Waals surface area contributed by atoms with Crippen molar-refractivity contribution in [2.24, 2.45) is 5.73 Å². The molecule has 0 aliphatic rings. The Hall–Kier alpha value is -0.520. The summed E-state index contributed by atoms with van der Waals surface area (Å²) in [7, 11) is -2.88. The van der Waals surface area contributed by atoms with Crippen molar-refractivity contribution in [1.29, 1.82) is 0 Å². The van der Waals surface area contributed by atoms with E-state index in [9.17, 15) is 8.42 Å². The number of hydrogen-bond acceptors (Lipinski definition) is 4. The molecule has 5 heteroatoms. The van der Waals surface area contributed by atoms with Gasteiger partial charge in [0, 0.05) is 23.4 Å². The summed E-state index contributed by atoms with van der Waals surface area (Å²) in [4.78, 5) is 1.12. The maximum absolute atomic E-state index is 11.0. The lowest BCUT2D eigenvalue weighted by Gasteiger charge is -2.10. The zero-order valence-electron chi connectivity index (χ0n) is 9.56. The van der Waals surface area contributed by atoms with E-state index in [1.54, 1.807) is 11.8 Å². The predicted octanol–water partition coefficient (Wildman–Crippen LogP) is 1.59. The zero-order valence-corrected chi connectivity index (χ0v) is 11.2. The second kappa shape index (κ2) is 5.70. The molecular weight excluding hydrogens is 242 g/mol. The lowest BCUT2D eigenvalue weighted by atomic mass is 10.1. The van der Waals surface area contributed by atoms with Crippen LogP contribution in [0.25, 0.3) is 0 Å². The number of hydrogen-bond donors (Lipinski definition) is 1. The summed E-state index contributed by atoms with van der Waals surface area (Å²) in [5.74, 6) is 0.784. The highest BCUT2D eigenvalue weighted by Gasteiger charge is 2.07. The summed E-state index contributed by atoms with van der Waals surface area (Å²) in [5, 5.41) is 0. The molecule has 0 aromatic heterocycles. The smallest absolute Gasteiger partial charge is 0.148 e. The van der Waals surface area contributed by atoms with Gasteiger partial charge in [-0.25, -0.2) is 8.42 Å². The van der Waals surface area contributed by atoms with Crippen LogP contribution in [-0.4, -0.2) is 26.2 Å². The Morgan fingerprint density at radius 3 is 2.62 bits per heavy atom. The van der Waals surface area contributed by atoms with Gasteiger partial charge in [0.15, 0.2) is 0 Å². The summed E-state index contributed by atoms with van der Waals surface area (Å²) in [6, 6.07) is 5.97. The molecular formula is C11H17NO2S2. The lowest BCUT2D eigenvalue weighted by molar-refractivity contribution is 0.603. The van der Waals surface area contributed by atoms with Gasteiger partial charge in [0.05, 0.1) is 5.75 Å². The molecule has 0 radical (unpaired) electrons. The highest BCUT2D eigenvalue weighted by atomic mass is 32.2. The quantitative estimate of drug-likeness (QED) is 0.816. The molecule has 0 aliphatic carbocycles. The fraction of sp³-hybridized carbons (Fsp3) is 0.455. The first-order valence-corrected chi connectivity index (χ1v) is 8.07. The van der Waals surface area contributed by atoms with Crippen molar-refractivity contribution in [2.75, 3.05) is 17.8 Å². The summed E-state index contributed by atoms with van der Waals surface area (Å²) >= 11 is 1.57. The Kier molecular flexibility index (Phi) is 4.83. The third-order valence-electron chi connectivity index (χ3n) is 2.21. The molecule has 2 N–H and O–H groups in total. The number of sulfone groups is 1. The fourth-order valence-electron chi connectivity index (χ4n) is 1.38. The summed E-state index contributed by atoms with van der Waals surface area (Å²) in [6.07, 6.45) is 1.26. The third kappa shape index (κ3) is 4.15. The molecule has 0 atom stereocenters. The zero-order chi connectivity index (χ0) is 12.2. The largest absolute Gasteiger partial charge is 0.326 e. The molecule has 0 bridgehead atoms. The molecule has 1 rings (SSSR count). The van der Waals surface area contributed by atoms with E-state index in [2.05, 4.69) is 0 Å². The van der Waals surface area contributed by atoms with E-state index in [-0.39, 0.29) is 5.75 Å². The van der Waals surface area contributed by atoms with E-state index >= 15 is 0 Å². The highest BCUT2D eigenvalue weighted by molar-refractivity contribution is 8.00. The van der Waals surface area contributed by atoms with Crippen molar-refractivity contribution in [3.63, 3.8) is 0 Å². The van der Waals surface area contributed by atoms with Crippen molar-refractivity contribution < 1.29 is 8.42 Å². The minimum absolute atomic E-state index is 0.204. The van der Waals surface area contributed by atoms with Crippen LogP contribution in [0, 0.1) is 6.92 Å². The molecule has 3 nitrogen and oxygen atoms in total. The predicted molar refractivity (Wildman–Crippen MR) is 69.5 cm³/mol. The van der Waals surface area contributed by atoms with Gasteiger partial charge in [0.2, 0.25) is 0 Å². The maximum Gasteiger partial charge on any atom is 0.148 e. The van der Waals surface area contributed by atoms with Crippen LogP contribution in [0.1, 0.15) is 11.1 Å². The fourth-order valence-corrected chi connectivity index (χ4v) is 3.76. The molecule has 0 amide bonds. The number of nitrogens with two attached hydrogens (primary N) is 1. The average Bonchev–Trinajstić information content (AvgIpc) is 2.18. The van der Waals surface area contributed by atoms with E-state index in [0.717, 1.165) is 16.0 Å². The number of thioether (sulfide) groups is 1. The van der Waals surface area contributed by atoms with Gasteiger partial charge in [0.1, 0.15) is 9.84 Å². The number of rotatable bonds is 5. The third-order valence-corrected chi connectivity index (χ3v) is 4.70. The molecule has 0 spiro atoms. The average molecular weight is 259 g/mol. The topological polar surface area (TPSA) is 60.2 Å². The highest BCUT2D eigenvalue weighted by Crippen LogP contribution is 2.26. The first-order valence-electron chi connectivity index (χ1n) is 5.03. The molecule has 1 aromatic carbocycles. The van der Waals surface area contributed by atoms with Gasteiger partial charge in [-0.05, 0) is 18.1 Å². The van der Waals surface area contributed by atoms with Gasteiger partial charge in [-0.1, -0.05) is 18.2 Å². The van der Waals surface area contributed by atoms with Gasteiger partial charge in [-0.3, -0.25) is 0 Å². The van der Waals surface area contributed by atoms with Crippen molar-refractivity contribution in [1.82, 2.24) is 0 Å². The van der Waals surface area contributed by atoms with Crippen LogP contribution < -0.4 is 5.73 Å². The van der Waals surface area contributed by atoms with Crippen LogP contribution in [0.15, 0.2) is 23.1 Å². The molecule has 90 valence electrons. The number of benzene rings is 1. The molecule has 0 saturated carbocycles. The Balaban J connectivity index is 2.73. The SMILES string of the molecule is Cc1cccc(CN)c1SCCS(C)(=O)=O. The summed E-state index contributed by atoms with van der Waals surface area (Å²) < 4.78 is 22.0. The summed E-state index contributed by atoms with van der Waals surface area (Å²) in [6.45, 7) is 2.50. The monoisotopic (exact) mass is 259 g/mol. The normalized spacial score (nSPS) is 11.7. The van der Waals surface area contributed by atoms with Gasteiger partial charge in [0.25, 0.3) is 0 Å². The van der Waals surface area contributed by atoms with Crippen LogP contribution in [0.5, 0.6) is 0 Å². The van der Waals surface area contributed by atoms with Crippen molar-refractivity contribution in [3.8, 4) is 0 Å². The van der Waals surface area contributed by atoms with Crippen LogP contribution in [0.4, 0.5) is 0 Å². The van der Waals surface area contributed by atoms with E-state index in [1.807, 2.05) is 25.1 Å². The Morgan fingerprint density at radius 2 is 2.06 bits per heavy atom. The molecule has 0 fully saturated rings. The molecule has 0 unspecified atom stereocenters. The van der Waals surface area contributed by atoms with Crippen LogP contribution >= 0.6 is 11.8 Å². The van der Waals surface area contributed by atoms with Crippen LogP contribution in [0.3, 0.4) is 0 Å². The number of aryl methyl sites for hydroxylation is 1. The first-order chi connectivity index (χ1) is 7.44. The lowest BCUT2D eigenvalue weighted by Crippen LogP contribution is -2.06. The Labute approximate surface area is 101 Å². The molecule has 1 aromatic rings. The van der Waals surface area contributed by atoms with Gasteiger partial charge in [-0.2, -0.15) is 0 Å². The van der Waals surface area contributed by atoms with Crippen LogP contribution in [0.2, 0.25) is 0 Å². The van der Waals surface area contributed by atoms with E-state index in [4.69, 9.17) is 5.73 Å². The van der Waals surface area contributed by atoms with Gasteiger partial charge < -0.3 is 5.73 Å². The van der Waals surface area contributed by atoms with Crippen molar-refractivity contribution in [3.05, 3.63) is 29.3 Å². The second-order valence-electron chi connectivity index (χ2n) is 3.75. The van der Waals surface area contributed by atoms with Crippen molar-refractivity contribution >= 4 is 21.6 Å².